The summed E-state index contributed by atoms with van der Waals surface area (Å²) < 4.78 is 15.7. The summed E-state index contributed by atoms with van der Waals surface area (Å²) in [7, 11) is 3.96. The Morgan fingerprint density at radius 2 is 1.90 bits per heavy atom. The molecular formula is C32H30FIN6O. The Labute approximate surface area is 252 Å². The molecule has 0 radical (unpaired) electrons. The van der Waals surface area contributed by atoms with Gasteiger partial charge >= 0.3 is 0 Å². The number of nitrogens with zero attached hydrogens (tertiary/aromatic N) is 5. The Bertz CT molecular complexity index is 1640. The molecule has 0 spiro atoms. The highest BCUT2D eigenvalue weighted by molar-refractivity contribution is 14.1. The first-order valence-corrected chi connectivity index (χ1v) is 15.1. The van der Waals surface area contributed by atoms with Crippen molar-refractivity contribution in [1.82, 2.24) is 19.8 Å². The Morgan fingerprint density at radius 1 is 1.10 bits per heavy atom. The van der Waals surface area contributed by atoms with Crippen LogP contribution in [-0.4, -0.2) is 64.6 Å². The lowest BCUT2D eigenvalue weighted by Crippen LogP contribution is -2.38. The largest absolute Gasteiger partial charge is 0.337 e. The maximum atomic E-state index is 14.9. The lowest BCUT2D eigenvalue weighted by atomic mass is 9.93. The maximum absolute atomic E-state index is 14.9. The van der Waals surface area contributed by atoms with Crippen molar-refractivity contribution >= 4 is 45.8 Å². The van der Waals surface area contributed by atoms with Crippen molar-refractivity contribution in [3.8, 4) is 11.3 Å². The van der Waals surface area contributed by atoms with Gasteiger partial charge in [-0.15, -0.1) is 0 Å². The van der Waals surface area contributed by atoms with Gasteiger partial charge in [-0.25, -0.2) is 14.4 Å². The number of likely N-dealkylation sites (N-methyl/N-ethyl adjacent to an activating group) is 2. The van der Waals surface area contributed by atoms with E-state index in [1.165, 1.54) is 6.07 Å². The first-order chi connectivity index (χ1) is 19.9. The van der Waals surface area contributed by atoms with E-state index >= 15 is 0 Å². The van der Waals surface area contributed by atoms with Gasteiger partial charge in [-0.2, -0.15) is 0 Å². The number of carbonyl (C=O) groups is 1. The predicted octanol–water partition coefficient (Wildman–Crippen LogP) is 6.09. The van der Waals surface area contributed by atoms with E-state index in [2.05, 4.69) is 57.0 Å². The van der Waals surface area contributed by atoms with Gasteiger partial charge in [0.25, 0.3) is 5.91 Å². The number of fused-ring (bicyclic) bond motifs is 3. The van der Waals surface area contributed by atoms with Crippen molar-refractivity contribution in [3.05, 3.63) is 107 Å². The third-order valence-electron chi connectivity index (χ3n) is 7.77. The van der Waals surface area contributed by atoms with Crippen molar-refractivity contribution in [1.29, 1.82) is 0 Å². The lowest BCUT2D eigenvalue weighted by molar-refractivity contribution is 0.0737. The number of rotatable bonds is 6. The van der Waals surface area contributed by atoms with E-state index in [0.717, 1.165) is 57.6 Å². The molecule has 9 heteroatoms. The molecule has 1 amide bonds. The molecule has 2 aliphatic rings. The molecular weight excluding hydrogens is 630 g/mol. The topological polar surface area (TPSA) is 73.7 Å². The summed E-state index contributed by atoms with van der Waals surface area (Å²) in [6, 6.07) is 20.6. The fourth-order valence-corrected chi connectivity index (χ4v) is 5.92. The molecule has 3 heterocycles. The number of nitrogens with one attached hydrogen (secondary N) is 1. The molecule has 0 saturated carbocycles. The van der Waals surface area contributed by atoms with Gasteiger partial charge in [-0.1, -0.05) is 46.9 Å². The van der Waals surface area contributed by atoms with Crippen molar-refractivity contribution in [2.75, 3.05) is 32.5 Å². The Balaban J connectivity index is 1.28. The summed E-state index contributed by atoms with van der Waals surface area (Å²) in [6.45, 7) is 2.24. The summed E-state index contributed by atoms with van der Waals surface area (Å²) in [5, 5.41) is 3.28. The molecule has 2 aliphatic heterocycles. The van der Waals surface area contributed by atoms with Gasteiger partial charge in [0.2, 0.25) is 5.95 Å². The Hall–Kier alpha value is -3.70. The van der Waals surface area contributed by atoms with E-state index in [9.17, 15) is 9.18 Å². The summed E-state index contributed by atoms with van der Waals surface area (Å²) in [5.74, 6) is 0.152. The molecule has 1 saturated heterocycles. The third-order valence-corrected chi connectivity index (χ3v) is 8.65. The molecule has 1 fully saturated rings. The highest BCUT2D eigenvalue weighted by Gasteiger charge is 2.27. The number of amides is 1. The van der Waals surface area contributed by atoms with Gasteiger partial charge in [0.1, 0.15) is 5.82 Å². The summed E-state index contributed by atoms with van der Waals surface area (Å²) in [6.07, 6.45) is 2.77. The van der Waals surface area contributed by atoms with Gasteiger partial charge in [0, 0.05) is 63.8 Å². The average Bonchev–Trinajstić information content (AvgIpc) is 3.37. The highest BCUT2D eigenvalue weighted by atomic mass is 127. The maximum Gasteiger partial charge on any atom is 0.253 e. The number of anilines is 2. The number of aliphatic imine (C=N–C) groups is 1. The van der Waals surface area contributed by atoms with Crippen LogP contribution >= 0.6 is 22.6 Å². The second-order valence-corrected chi connectivity index (χ2v) is 11.3. The molecule has 208 valence electrons. The van der Waals surface area contributed by atoms with E-state index in [-0.39, 0.29) is 17.8 Å². The van der Waals surface area contributed by atoms with Gasteiger partial charge in [0.05, 0.1) is 18.0 Å². The first kappa shape index (κ1) is 27.5. The normalized spacial score (nSPS) is 16.4. The molecule has 4 aromatic rings. The predicted molar refractivity (Wildman–Crippen MR) is 169 cm³/mol. The smallest absolute Gasteiger partial charge is 0.253 e. The number of alkyl halides is 1. The molecule has 0 bridgehead atoms. The van der Waals surface area contributed by atoms with Crippen molar-refractivity contribution < 1.29 is 9.18 Å². The molecule has 3 aromatic carbocycles. The standard InChI is InChI=1S/C32H30FIN6O/c1-39-14-13-24(19-39)40(2)31(41)21-8-10-23(11-9-21)37-32-36-18-22-17-35-30(26-5-3-4-6-28(26)33)27-15-20(16-34)7-12-25(27)29(22)38-32/h3-12,15,18,24H,13-14,16-17,19H2,1-2H3,(H,36,37,38). The molecule has 0 aliphatic carbocycles. The number of benzene rings is 3. The summed E-state index contributed by atoms with van der Waals surface area (Å²) >= 11 is 2.33. The van der Waals surface area contributed by atoms with Crippen LogP contribution in [0.5, 0.6) is 0 Å². The minimum Gasteiger partial charge on any atom is -0.337 e. The lowest BCUT2D eigenvalue weighted by Gasteiger charge is -2.24. The fourth-order valence-electron chi connectivity index (χ4n) is 5.45. The monoisotopic (exact) mass is 660 g/mol. The number of likely N-dealkylation sites (tertiary alicyclic amines) is 1. The van der Waals surface area contributed by atoms with Gasteiger partial charge in [0.15, 0.2) is 0 Å². The highest BCUT2D eigenvalue weighted by Crippen LogP contribution is 2.34. The van der Waals surface area contributed by atoms with Crippen LogP contribution in [0.3, 0.4) is 0 Å². The minimum absolute atomic E-state index is 0.0197. The van der Waals surface area contributed by atoms with Crippen molar-refractivity contribution in [3.63, 3.8) is 0 Å². The second-order valence-electron chi connectivity index (χ2n) is 10.5. The molecule has 1 atom stereocenters. The van der Waals surface area contributed by atoms with Gasteiger partial charge in [-0.3, -0.25) is 9.79 Å². The van der Waals surface area contributed by atoms with Crippen LogP contribution in [0.15, 0.2) is 77.9 Å². The molecule has 7 nitrogen and oxygen atoms in total. The van der Waals surface area contributed by atoms with Crippen LogP contribution in [0, 0.1) is 5.82 Å². The first-order valence-electron chi connectivity index (χ1n) is 13.6. The van der Waals surface area contributed by atoms with Crippen LogP contribution in [0.1, 0.15) is 39.0 Å². The average molecular weight is 661 g/mol. The molecule has 1 aromatic heterocycles. The second kappa shape index (κ2) is 11.7. The zero-order chi connectivity index (χ0) is 28.5. The SMILES string of the molecule is CN1CCC(N(C)C(=O)c2ccc(Nc3ncc4c(n3)-c3ccc(CI)cc3C(c3ccccc3F)=NC4)cc2)C1. The quantitative estimate of drug-likeness (QED) is 0.200. The summed E-state index contributed by atoms with van der Waals surface area (Å²) in [5.41, 5.74) is 7.02. The number of hydrogen-bond acceptors (Lipinski definition) is 6. The Kier molecular flexibility index (Phi) is 7.81. The van der Waals surface area contributed by atoms with Crippen LogP contribution in [0.2, 0.25) is 0 Å². The number of halogens is 2. The molecule has 1 N–H and O–H groups in total. The number of aromatic nitrogens is 2. The molecule has 41 heavy (non-hydrogen) atoms. The fraction of sp³-hybridized carbons (Fsp3) is 0.250. The summed E-state index contributed by atoms with van der Waals surface area (Å²) in [4.78, 5) is 31.4. The Morgan fingerprint density at radius 3 is 2.63 bits per heavy atom. The number of hydrogen-bond donors (Lipinski definition) is 1. The van der Waals surface area contributed by atoms with Crippen molar-refractivity contribution in [2.45, 2.75) is 23.4 Å². The van der Waals surface area contributed by atoms with E-state index in [1.807, 2.05) is 48.3 Å². The van der Waals surface area contributed by atoms with Crippen LogP contribution in [-0.2, 0) is 11.0 Å². The zero-order valence-corrected chi connectivity index (χ0v) is 25.1. The zero-order valence-electron chi connectivity index (χ0n) is 22.9. The number of carbonyl (C=O) groups excluding carboxylic acids is 1. The van der Waals surface area contributed by atoms with E-state index in [0.29, 0.717) is 29.3 Å². The van der Waals surface area contributed by atoms with E-state index < -0.39 is 0 Å². The van der Waals surface area contributed by atoms with Crippen LogP contribution < -0.4 is 5.32 Å². The minimum atomic E-state index is -0.305. The molecule has 1 unspecified atom stereocenters. The van der Waals surface area contributed by atoms with Crippen LogP contribution in [0.4, 0.5) is 16.0 Å². The van der Waals surface area contributed by atoms with Gasteiger partial charge < -0.3 is 15.1 Å². The van der Waals surface area contributed by atoms with E-state index in [1.54, 1.807) is 18.3 Å². The van der Waals surface area contributed by atoms with Crippen molar-refractivity contribution in [2.24, 2.45) is 4.99 Å². The van der Waals surface area contributed by atoms with E-state index in [4.69, 9.17) is 9.98 Å². The third kappa shape index (κ3) is 5.60. The van der Waals surface area contributed by atoms with Gasteiger partial charge in [-0.05, 0) is 68.0 Å². The van der Waals surface area contributed by atoms with Crippen LogP contribution in [0.25, 0.3) is 11.3 Å². The molecule has 6 rings (SSSR count).